The Hall–Kier alpha value is -2.06. The summed E-state index contributed by atoms with van der Waals surface area (Å²) in [6.07, 6.45) is 2.13. The Morgan fingerprint density at radius 1 is 1.00 bits per heavy atom. The molecule has 2 aromatic carbocycles. The maximum Gasteiger partial charge on any atom is 0.118 e. The average molecular weight is 321 g/mol. The predicted molar refractivity (Wildman–Crippen MR) is 100 cm³/mol. The normalized spacial score (nSPS) is 21.8. The van der Waals surface area contributed by atoms with E-state index in [1.54, 1.807) is 7.11 Å². The number of hydrogen-bond acceptors (Lipinski definition) is 2. The number of hydrogen-bond donors (Lipinski definition) is 0. The monoisotopic (exact) mass is 321 g/mol. The zero-order valence-electron chi connectivity index (χ0n) is 15.2. The summed E-state index contributed by atoms with van der Waals surface area (Å²) in [6.45, 7) is 5.68. The van der Waals surface area contributed by atoms with Gasteiger partial charge >= 0.3 is 0 Å². The van der Waals surface area contributed by atoms with Crippen LogP contribution >= 0.6 is 0 Å². The molecule has 0 fully saturated rings. The molecule has 0 saturated heterocycles. The fourth-order valence-electron chi connectivity index (χ4n) is 3.91. The van der Waals surface area contributed by atoms with Gasteiger partial charge in [0.05, 0.1) is 12.6 Å². The van der Waals surface area contributed by atoms with Crippen molar-refractivity contribution < 1.29 is 4.74 Å². The highest BCUT2D eigenvalue weighted by molar-refractivity contribution is 5.42. The number of rotatable bonds is 4. The largest absolute Gasteiger partial charge is 0.497 e. The van der Waals surface area contributed by atoms with E-state index in [0.29, 0.717) is 0 Å². The lowest BCUT2D eigenvalue weighted by Gasteiger charge is -2.48. The average Bonchev–Trinajstić information content (AvgIpc) is 2.63. The van der Waals surface area contributed by atoms with Crippen molar-refractivity contribution in [2.24, 2.45) is 0 Å². The van der Waals surface area contributed by atoms with Crippen LogP contribution in [0.25, 0.3) is 0 Å². The quantitative estimate of drug-likeness (QED) is 0.750. The number of methoxy groups -OCH3 is 1. The highest BCUT2D eigenvalue weighted by atomic mass is 16.5. The van der Waals surface area contributed by atoms with Crippen LogP contribution in [0.15, 0.2) is 65.7 Å². The molecule has 0 aromatic heterocycles. The highest BCUT2D eigenvalue weighted by Gasteiger charge is 2.41. The summed E-state index contributed by atoms with van der Waals surface area (Å²) in [5.41, 5.74) is 5.64. The molecule has 0 radical (unpaired) electrons. The predicted octanol–water partition coefficient (Wildman–Crippen LogP) is 4.81. The van der Waals surface area contributed by atoms with Crippen molar-refractivity contribution in [3.05, 3.63) is 76.9 Å². The fraction of sp³-hybridized carbons (Fsp3) is 0.364. The van der Waals surface area contributed by atoms with Crippen LogP contribution in [0, 0.1) is 0 Å². The zero-order valence-corrected chi connectivity index (χ0v) is 15.2. The first-order chi connectivity index (χ1) is 11.6. The van der Waals surface area contributed by atoms with E-state index in [2.05, 4.69) is 80.4 Å². The molecule has 0 spiro atoms. The van der Waals surface area contributed by atoms with E-state index < -0.39 is 0 Å². The molecule has 0 amide bonds. The van der Waals surface area contributed by atoms with Gasteiger partial charge in [-0.05, 0) is 62.6 Å². The summed E-state index contributed by atoms with van der Waals surface area (Å²) in [5.74, 6) is 0.910. The molecule has 126 valence electrons. The first-order valence-electron chi connectivity index (χ1n) is 8.64. The Morgan fingerprint density at radius 3 is 2.29 bits per heavy atom. The molecule has 2 nitrogen and oxygen atoms in total. The molecule has 3 rings (SSSR count). The molecular weight excluding hydrogens is 294 g/mol. The third kappa shape index (κ3) is 2.87. The maximum atomic E-state index is 5.31. The van der Waals surface area contributed by atoms with Gasteiger partial charge in [-0.15, -0.1) is 0 Å². The van der Waals surface area contributed by atoms with Gasteiger partial charge in [0.15, 0.2) is 0 Å². The van der Waals surface area contributed by atoms with Gasteiger partial charge in [-0.3, -0.25) is 4.90 Å². The number of likely N-dealkylation sites (N-methyl/N-ethyl adjacent to an activating group) is 1. The Balaban J connectivity index is 2.10. The van der Waals surface area contributed by atoms with Crippen LogP contribution in [0.4, 0.5) is 0 Å². The molecule has 1 unspecified atom stereocenters. The van der Waals surface area contributed by atoms with Crippen LogP contribution in [-0.4, -0.2) is 25.6 Å². The Kier molecular flexibility index (Phi) is 4.77. The molecular formula is C22H27NO. The second kappa shape index (κ2) is 6.82. The molecule has 1 aliphatic rings. The number of ether oxygens (including phenoxy) is 1. The van der Waals surface area contributed by atoms with Gasteiger partial charge in [0.2, 0.25) is 0 Å². The van der Waals surface area contributed by atoms with Crippen molar-refractivity contribution >= 4 is 0 Å². The summed E-state index contributed by atoms with van der Waals surface area (Å²) in [4.78, 5) is 2.52. The molecule has 2 aromatic rings. The number of nitrogens with zero attached hydrogens (tertiary/aromatic N) is 1. The van der Waals surface area contributed by atoms with Crippen LogP contribution in [0.5, 0.6) is 5.75 Å². The second-order valence-electron chi connectivity index (χ2n) is 6.83. The van der Waals surface area contributed by atoms with Crippen LogP contribution in [-0.2, 0) is 12.0 Å². The highest BCUT2D eigenvalue weighted by Crippen LogP contribution is 2.43. The van der Waals surface area contributed by atoms with Gasteiger partial charge in [0.25, 0.3) is 0 Å². The second-order valence-corrected chi connectivity index (χ2v) is 6.83. The topological polar surface area (TPSA) is 12.5 Å². The summed E-state index contributed by atoms with van der Waals surface area (Å²) >= 11 is 0. The minimum atomic E-state index is -0.0712. The zero-order chi connectivity index (χ0) is 17.2. The molecule has 0 saturated carbocycles. The van der Waals surface area contributed by atoms with Gasteiger partial charge in [-0.2, -0.15) is 0 Å². The fourth-order valence-corrected chi connectivity index (χ4v) is 3.91. The minimum Gasteiger partial charge on any atom is -0.497 e. The van der Waals surface area contributed by atoms with Crippen molar-refractivity contribution in [2.75, 3.05) is 20.7 Å². The Bertz CT molecular complexity index is 717. The van der Waals surface area contributed by atoms with Crippen LogP contribution < -0.4 is 4.74 Å². The number of benzene rings is 2. The van der Waals surface area contributed by atoms with Crippen molar-refractivity contribution in [1.82, 2.24) is 4.90 Å². The van der Waals surface area contributed by atoms with Gasteiger partial charge < -0.3 is 4.74 Å². The molecule has 1 atom stereocenters. The molecule has 1 heterocycles. The van der Waals surface area contributed by atoms with Crippen LogP contribution in [0.2, 0.25) is 0 Å². The first kappa shape index (κ1) is 16.8. The van der Waals surface area contributed by atoms with Crippen LogP contribution in [0.1, 0.15) is 31.4 Å². The Labute approximate surface area is 145 Å². The van der Waals surface area contributed by atoms with Gasteiger partial charge in [-0.1, -0.05) is 48.0 Å². The van der Waals surface area contributed by atoms with Crippen molar-refractivity contribution in [2.45, 2.75) is 32.2 Å². The molecule has 24 heavy (non-hydrogen) atoms. The molecule has 0 aliphatic carbocycles. The van der Waals surface area contributed by atoms with E-state index in [4.69, 9.17) is 4.74 Å². The summed E-state index contributed by atoms with van der Waals surface area (Å²) < 4.78 is 5.31. The minimum absolute atomic E-state index is 0.0712. The first-order valence-corrected chi connectivity index (χ1v) is 8.64. The molecule has 0 N–H and O–H groups in total. The summed E-state index contributed by atoms with van der Waals surface area (Å²) in [6, 6.07) is 19.4. The SMILES string of the molecule is COc1ccc(CC2(c3ccccc3)C(C)=C(C)CCN2C)cc1. The third-order valence-corrected chi connectivity index (χ3v) is 5.60. The molecule has 1 aliphatic heterocycles. The van der Waals surface area contributed by atoms with E-state index in [1.165, 1.54) is 22.3 Å². The lowest BCUT2D eigenvalue weighted by atomic mass is 9.73. The maximum absolute atomic E-state index is 5.31. The lowest BCUT2D eigenvalue weighted by molar-refractivity contribution is 0.140. The summed E-state index contributed by atoms with van der Waals surface area (Å²) in [7, 11) is 3.97. The smallest absolute Gasteiger partial charge is 0.118 e. The third-order valence-electron chi connectivity index (χ3n) is 5.60. The van der Waals surface area contributed by atoms with Gasteiger partial charge in [-0.25, -0.2) is 0 Å². The van der Waals surface area contributed by atoms with E-state index in [-0.39, 0.29) is 5.54 Å². The van der Waals surface area contributed by atoms with Gasteiger partial charge in [0, 0.05) is 6.54 Å². The van der Waals surface area contributed by atoms with Crippen molar-refractivity contribution in [1.29, 1.82) is 0 Å². The van der Waals surface area contributed by atoms with Gasteiger partial charge in [0.1, 0.15) is 5.75 Å². The van der Waals surface area contributed by atoms with Crippen molar-refractivity contribution in [3.8, 4) is 5.75 Å². The molecule has 0 bridgehead atoms. The van der Waals surface area contributed by atoms with E-state index >= 15 is 0 Å². The van der Waals surface area contributed by atoms with E-state index in [0.717, 1.165) is 25.1 Å². The van der Waals surface area contributed by atoms with E-state index in [1.807, 2.05) is 0 Å². The van der Waals surface area contributed by atoms with E-state index in [9.17, 15) is 0 Å². The summed E-state index contributed by atoms with van der Waals surface area (Å²) in [5, 5.41) is 0. The van der Waals surface area contributed by atoms with Crippen LogP contribution in [0.3, 0.4) is 0 Å². The standard InChI is InChI=1S/C22H27NO/c1-17-14-15-23(3)22(18(17)2,20-8-6-5-7-9-20)16-19-10-12-21(24-4)13-11-19/h5-13H,14-16H2,1-4H3. The Morgan fingerprint density at radius 2 is 1.67 bits per heavy atom. The molecule has 2 heteroatoms. The lowest BCUT2D eigenvalue weighted by Crippen LogP contribution is -2.49. The van der Waals surface area contributed by atoms with Crippen molar-refractivity contribution in [3.63, 3.8) is 0 Å².